The zero-order chi connectivity index (χ0) is 15.9. The minimum atomic E-state index is -0.141. The summed E-state index contributed by atoms with van der Waals surface area (Å²) in [5.41, 5.74) is 1.53. The predicted octanol–water partition coefficient (Wildman–Crippen LogP) is 3.26. The standard InChI is InChI=1S/C18H25FN2O/c1-3-6-14(2)18(22)20-16-9-11-21(12-10-16)13-15-7-4-5-8-17(15)19/h4-8,16H,3,9-13H2,1-2H3,(H,20,22)/b14-6+. The van der Waals surface area contributed by atoms with Gasteiger partial charge < -0.3 is 5.32 Å². The van der Waals surface area contributed by atoms with E-state index in [0.717, 1.165) is 43.5 Å². The van der Waals surface area contributed by atoms with Gasteiger partial charge in [0.1, 0.15) is 5.82 Å². The minimum Gasteiger partial charge on any atom is -0.350 e. The highest BCUT2D eigenvalue weighted by molar-refractivity contribution is 5.92. The van der Waals surface area contributed by atoms with Crippen molar-refractivity contribution in [3.8, 4) is 0 Å². The van der Waals surface area contributed by atoms with Crippen molar-refractivity contribution in [2.24, 2.45) is 0 Å². The highest BCUT2D eigenvalue weighted by Crippen LogP contribution is 2.16. The van der Waals surface area contributed by atoms with Gasteiger partial charge in [-0.3, -0.25) is 9.69 Å². The Morgan fingerprint density at radius 1 is 1.36 bits per heavy atom. The molecule has 4 heteroatoms. The summed E-state index contributed by atoms with van der Waals surface area (Å²) in [7, 11) is 0. The smallest absolute Gasteiger partial charge is 0.246 e. The lowest BCUT2D eigenvalue weighted by Gasteiger charge is -2.32. The number of amides is 1. The zero-order valence-corrected chi connectivity index (χ0v) is 13.4. The summed E-state index contributed by atoms with van der Waals surface area (Å²) in [5.74, 6) is -0.104. The van der Waals surface area contributed by atoms with E-state index >= 15 is 0 Å². The number of carbonyl (C=O) groups excluding carboxylic acids is 1. The molecule has 1 aromatic rings. The van der Waals surface area contributed by atoms with Crippen LogP contribution < -0.4 is 5.32 Å². The van der Waals surface area contributed by atoms with Gasteiger partial charge in [0.2, 0.25) is 5.91 Å². The van der Waals surface area contributed by atoms with E-state index in [-0.39, 0.29) is 17.8 Å². The lowest BCUT2D eigenvalue weighted by Crippen LogP contribution is -2.44. The van der Waals surface area contributed by atoms with Crippen LogP contribution in [-0.4, -0.2) is 29.9 Å². The number of nitrogens with one attached hydrogen (secondary N) is 1. The maximum atomic E-state index is 13.7. The normalized spacial score (nSPS) is 17.5. The van der Waals surface area contributed by atoms with Crippen molar-refractivity contribution in [3.05, 3.63) is 47.3 Å². The first kappa shape index (κ1) is 16.7. The average molecular weight is 304 g/mol. The molecule has 0 atom stereocenters. The summed E-state index contributed by atoms with van der Waals surface area (Å²) in [6.07, 6.45) is 4.65. The molecule has 0 aliphatic carbocycles. The molecule has 0 bridgehead atoms. The lowest BCUT2D eigenvalue weighted by molar-refractivity contribution is -0.118. The number of rotatable bonds is 5. The molecule has 0 radical (unpaired) electrons. The van der Waals surface area contributed by atoms with Crippen LogP contribution in [0.2, 0.25) is 0 Å². The van der Waals surface area contributed by atoms with Gasteiger partial charge in [-0.25, -0.2) is 4.39 Å². The predicted molar refractivity (Wildman–Crippen MR) is 86.9 cm³/mol. The molecule has 2 rings (SSSR count). The molecule has 0 unspecified atom stereocenters. The van der Waals surface area contributed by atoms with Gasteiger partial charge >= 0.3 is 0 Å². The topological polar surface area (TPSA) is 32.3 Å². The second-order valence-electron chi connectivity index (χ2n) is 5.91. The monoisotopic (exact) mass is 304 g/mol. The lowest BCUT2D eigenvalue weighted by atomic mass is 10.0. The van der Waals surface area contributed by atoms with Gasteiger partial charge in [-0.1, -0.05) is 31.2 Å². The second kappa shape index (κ2) is 8.08. The van der Waals surface area contributed by atoms with Crippen molar-refractivity contribution in [2.75, 3.05) is 13.1 Å². The van der Waals surface area contributed by atoms with Crippen LogP contribution >= 0.6 is 0 Å². The van der Waals surface area contributed by atoms with Crippen molar-refractivity contribution >= 4 is 5.91 Å². The Hall–Kier alpha value is -1.68. The van der Waals surface area contributed by atoms with Crippen LogP contribution in [0.15, 0.2) is 35.9 Å². The first-order chi connectivity index (χ1) is 10.6. The highest BCUT2D eigenvalue weighted by Gasteiger charge is 2.21. The Morgan fingerprint density at radius 3 is 2.68 bits per heavy atom. The SMILES string of the molecule is CC/C=C(\C)C(=O)NC1CCN(Cc2ccccc2F)CC1. The second-order valence-corrected chi connectivity index (χ2v) is 5.91. The number of halogens is 1. The third kappa shape index (κ3) is 4.67. The summed E-state index contributed by atoms with van der Waals surface area (Å²) in [6.45, 7) is 6.29. The van der Waals surface area contributed by atoms with Crippen LogP contribution in [0.4, 0.5) is 4.39 Å². The number of hydrogen-bond donors (Lipinski definition) is 1. The largest absolute Gasteiger partial charge is 0.350 e. The Balaban J connectivity index is 1.80. The number of allylic oxidation sites excluding steroid dienone is 1. The van der Waals surface area contributed by atoms with E-state index in [1.807, 2.05) is 32.1 Å². The molecule has 1 fully saturated rings. The van der Waals surface area contributed by atoms with Crippen molar-refractivity contribution in [1.29, 1.82) is 0 Å². The van der Waals surface area contributed by atoms with E-state index in [9.17, 15) is 9.18 Å². The first-order valence-corrected chi connectivity index (χ1v) is 8.03. The molecule has 1 amide bonds. The van der Waals surface area contributed by atoms with Crippen LogP contribution in [0, 0.1) is 5.82 Å². The van der Waals surface area contributed by atoms with Crippen LogP contribution in [0.1, 0.15) is 38.7 Å². The third-order valence-corrected chi connectivity index (χ3v) is 4.14. The molecule has 1 aliphatic rings. The molecule has 1 saturated heterocycles. The van der Waals surface area contributed by atoms with Gasteiger partial charge in [0, 0.05) is 36.8 Å². The van der Waals surface area contributed by atoms with Crippen LogP contribution in [0.25, 0.3) is 0 Å². The molecule has 0 saturated carbocycles. The first-order valence-electron chi connectivity index (χ1n) is 8.03. The molecule has 3 nitrogen and oxygen atoms in total. The van der Waals surface area contributed by atoms with E-state index in [2.05, 4.69) is 10.2 Å². The summed E-state index contributed by atoms with van der Waals surface area (Å²) in [4.78, 5) is 14.2. The number of hydrogen-bond acceptors (Lipinski definition) is 2. The van der Waals surface area contributed by atoms with E-state index in [1.54, 1.807) is 6.07 Å². The summed E-state index contributed by atoms with van der Waals surface area (Å²) in [6, 6.07) is 7.15. The number of nitrogens with zero attached hydrogens (tertiary/aromatic N) is 1. The summed E-state index contributed by atoms with van der Waals surface area (Å²) < 4.78 is 13.7. The highest BCUT2D eigenvalue weighted by atomic mass is 19.1. The molecule has 120 valence electrons. The molecule has 1 N–H and O–H groups in total. The van der Waals surface area contributed by atoms with Gasteiger partial charge in [-0.05, 0) is 32.3 Å². The van der Waals surface area contributed by atoms with E-state index < -0.39 is 0 Å². The zero-order valence-electron chi connectivity index (χ0n) is 13.4. The van der Waals surface area contributed by atoms with E-state index in [4.69, 9.17) is 0 Å². The number of carbonyl (C=O) groups is 1. The number of benzene rings is 1. The minimum absolute atomic E-state index is 0.0365. The fourth-order valence-electron chi connectivity index (χ4n) is 2.80. The van der Waals surface area contributed by atoms with E-state index in [0.29, 0.717) is 6.54 Å². The van der Waals surface area contributed by atoms with Crippen LogP contribution in [-0.2, 0) is 11.3 Å². The van der Waals surface area contributed by atoms with Gasteiger partial charge in [0.05, 0.1) is 0 Å². The molecule has 1 aliphatic heterocycles. The molecule has 1 heterocycles. The number of piperidine rings is 1. The van der Waals surface area contributed by atoms with Gasteiger partial charge in [0.15, 0.2) is 0 Å². The molecule has 1 aromatic carbocycles. The fourth-order valence-corrected chi connectivity index (χ4v) is 2.80. The van der Waals surface area contributed by atoms with Gasteiger partial charge in [-0.2, -0.15) is 0 Å². The summed E-state index contributed by atoms with van der Waals surface area (Å²) >= 11 is 0. The van der Waals surface area contributed by atoms with Crippen LogP contribution in [0.3, 0.4) is 0 Å². The Kier molecular flexibility index (Phi) is 6.13. The van der Waals surface area contributed by atoms with Crippen LogP contribution in [0.5, 0.6) is 0 Å². The quantitative estimate of drug-likeness (QED) is 0.847. The van der Waals surface area contributed by atoms with E-state index in [1.165, 1.54) is 6.07 Å². The maximum Gasteiger partial charge on any atom is 0.246 e. The molecule has 0 spiro atoms. The Labute approximate surface area is 132 Å². The van der Waals surface area contributed by atoms with Crippen molar-refractivity contribution in [2.45, 2.75) is 45.7 Å². The molecule has 22 heavy (non-hydrogen) atoms. The maximum absolute atomic E-state index is 13.7. The van der Waals surface area contributed by atoms with Gasteiger partial charge in [0.25, 0.3) is 0 Å². The molecular formula is C18H25FN2O. The fraction of sp³-hybridized carbons (Fsp3) is 0.500. The number of likely N-dealkylation sites (tertiary alicyclic amines) is 1. The average Bonchev–Trinajstić information content (AvgIpc) is 2.51. The van der Waals surface area contributed by atoms with Crippen molar-refractivity contribution in [1.82, 2.24) is 10.2 Å². The molecular weight excluding hydrogens is 279 g/mol. The van der Waals surface area contributed by atoms with Crippen molar-refractivity contribution in [3.63, 3.8) is 0 Å². The summed E-state index contributed by atoms with van der Waals surface area (Å²) in [5, 5.41) is 3.09. The Bertz CT molecular complexity index is 534. The van der Waals surface area contributed by atoms with Crippen molar-refractivity contribution < 1.29 is 9.18 Å². The third-order valence-electron chi connectivity index (χ3n) is 4.14. The Morgan fingerprint density at radius 2 is 2.05 bits per heavy atom. The molecule has 0 aromatic heterocycles. The van der Waals surface area contributed by atoms with Gasteiger partial charge in [-0.15, -0.1) is 0 Å².